The van der Waals surface area contributed by atoms with Crippen LogP contribution in [0.5, 0.6) is 5.75 Å². The van der Waals surface area contributed by atoms with Crippen LogP contribution in [0.4, 0.5) is 24.5 Å². The maximum absolute atomic E-state index is 13.8. The van der Waals surface area contributed by atoms with Crippen LogP contribution in [-0.2, 0) is 50.5 Å². The SMILES string of the molecule is COc1cc(C(=O)NCCOCCOCCOCC(=O)NCc2ccc(-c3c4ncn(CC5(O)CCN(C(=O)C[C@@H](C)c6ccccc6)CC5)c(=O)c4nn3C)cc2)ccc1NCC#Cc1cc2c(NC3CCN(C)CC3)cccc2n1CC(F)(F)F. The first kappa shape index (κ1) is 63.2. The van der Waals surface area contributed by atoms with E-state index in [0.29, 0.717) is 71.5 Å². The van der Waals surface area contributed by atoms with Gasteiger partial charge < -0.3 is 59.7 Å². The standard InChI is InChI=1S/C64H76F3N11O9/c1-44(46-10-6-5-7-11-46)36-57(80)76-29-23-63(83,24-30-76)41-77-43-71-58-59(62(77)82)73-75(3)60(58)47-17-15-45(16-18-47)39-70-56(79)40-87-35-34-86-33-32-85-31-26-69-61(81)48-19-20-53(55(37-48)84-4)68-25-9-12-50-38-51-52(72-49-21-27-74(2)28-22-49)13-8-14-54(51)78(50)42-64(65,66)67/h5-8,10-11,13-20,37-38,43-44,49,68,72,83H,21-36,39-42H2,1-4H3,(H,69,81)(H,70,79)/t44-/m1/s1. The fraction of sp³-hybridized carbons (Fsp3) is 0.438. The van der Waals surface area contributed by atoms with E-state index in [0.717, 1.165) is 48.3 Å². The number of aromatic nitrogens is 5. The van der Waals surface area contributed by atoms with Gasteiger partial charge in [-0.25, -0.2) is 4.98 Å². The Kier molecular flexibility index (Phi) is 21.4. The van der Waals surface area contributed by atoms with Gasteiger partial charge >= 0.3 is 6.18 Å². The molecular formula is C64H76F3N11O9. The van der Waals surface area contributed by atoms with E-state index in [1.807, 2.05) is 67.6 Å². The van der Waals surface area contributed by atoms with Crippen LogP contribution in [-0.4, -0.2) is 167 Å². The molecule has 0 saturated carbocycles. The Morgan fingerprint density at radius 3 is 2.29 bits per heavy atom. The summed E-state index contributed by atoms with van der Waals surface area (Å²) < 4.78 is 67.8. The summed E-state index contributed by atoms with van der Waals surface area (Å²) in [6.07, 6.45) is -0.0778. The average Bonchev–Trinajstić information content (AvgIpc) is 1.84. The first-order valence-corrected chi connectivity index (χ1v) is 29.3. The highest BCUT2D eigenvalue weighted by molar-refractivity contribution is 5.96. The van der Waals surface area contributed by atoms with Gasteiger partial charge in [-0.3, -0.25) is 28.4 Å². The van der Waals surface area contributed by atoms with Gasteiger partial charge in [-0.05, 0) is 105 Å². The summed E-state index contributed by atoms with van der Waals surface area (Å²) >= 11 is 0. The summed E-state index contributed by atoms with van der Waals surface area (Å²) in [6.45, 7) is 5.22. The average molecular weight is 1200 g/mol. The van der Waals surface area contributed by atoms with Gasteiger partial charge in [0.1, 0.15) is 24.4 Å². The Hall–Kier alpha value is -8.27. The van der Waals surface area contributed by atoms with Crippen LogP contribution < -0.4 is 31.6 Å². The number of rotatable bonds is 26. The molecule has 0 unspecified atom stereocenters. The zero-order chi connectivity index (χ0) is 61.5. The summed E-state index contributed by atoms with van der Waals surface area (Å²) in [6, 6.07) is 29.6. The van der Waals surface area contributed by atoms with Gasteiger partial charge in [0.15, 0.2) is 5.52 Å². The number of hydrogen-bond donors (Lipinski definition) is 5. The molecule has 20 nitrogen and oxygen atoms in total. The number of alkyl halides is 3. The van der Waals surface area contributed by atoms with Crippen LogP contribution in [0.1, 0.15) is 72.1 Å². The number of anilines is 2. The molecule has 3 amide bonds. The molecule has 462 valence electrons. The van der Waals surface area contributed by atoms with Gasteiger partial charge in [0.05, 0.1) is 87.8 Å². The summed E-state index contributed by atoms with van der Waals surface area (Å²) in [4.78, 5) is 61.0. The summed E-state index contributed by atoms with van der Waals surface area (Å²) in [5.74, 6) is 5.77. The number of piperidine rings is 2. The van der Waals surface area contributed by atoms with Crippen LogP contribution in [0, 0.1) is 11.8 Å². The number of nitrogens with zero attached hydrogens (tertiary/aromatic N) is 7. The van der Waals surface area contributed by atoms with Crippen LogP contribution in [0.3, 0.4) is 0 Å². The molecule has 0 spiro atoms. The predicted molar refractivity (Wildman–Crippen MR) is 326 cm³/mol. The maximum atomic E-state index is 13.8. The summed E-state index contributed by atoms with van der Waals surface area (Å²) in [5.41, 5.74) is 4.82. The molecule has 4 aromatic carbocycles. The minimum absolute atomic E-state index is 0.0317. The number of amides is 3. The molecule has 2 saturated heterocycles. The quantitative estimate of drug-likeness (QED) is 0.0274. The van der Waals surface area contributed by atoms with Crippen molar-refractivity contribution < 1.29 is 51.6 Å². The van der Waals surface area contributed by atoms with Gasteiger partial charge in [-0.2, -0.15) is 18.3 Å². The van der Waals surface area contributed by atoms with Crippen LogP contribution in [0.25, 0.3) is 33.2 Å². The number of fused-ring (bicyclic) bond motifs is 2. The molecule has 3 aromatic heterocycles. The summed E-state index contributed by atoms with van der Waals surface area (Å²) in [7, 11) is 5.29. The summed E-state index contributed by atoms with van der Waals surface area (Å²) in [5, 5.41) is 29.1. The van der Waals surface area contributed by atoms with E-state index in [4.69, 9.17) is 18.9 Å². The second kappa shape index (κ2) is 29.4. The topological polar surface area (TPSA) is 221 Å². The normalized spacial score (nSPS) is 15.0. The van der Waals surface area contributed by atoms with Gasteiger partial charge in [0.2, 0.25) is 11.8 Å². The van der Waals surface area contributed by atoms with E-state index >= 15 is 0 Å². The smallest absolute Gasteiger partial charge is 0.406 e. The Labute approximate surface area is 503 Å². The Morgan fingerprint density at radius 1 is 0.839 bits per heavy atom. The molecule has 0 radical (unpaired) electrons. The number of aliphatic hydroxyl groups is 1. The van der Waals surface area contributed by atoms with Crippen molar-refractivity contribution in [2.45, 2.75) is 82.4 Å². The lowest BCUT2D eigenvalue weighted by Crippen LogP contribution is -2.49. The second-order valence-electron chi connectivity index (χ2n) is 22.2. The van der Waals surface area contributed by atoms with Crippen molar-refractivity contribution in [2.75, 3.05) is 104 Å². The molecule has 2 aliphatic rings. The molecule has 7 aromatic rings. The first-order valence-electron chi connectivity index (χ1n) is 29.3. The van der Waals surface area contributed by atoms with Crippen molar-refractivity contribution in [3.8, 4) is 28.8 Å². The van der Waals surface area contributed by atoms with Crippen LogP contribution in [0.15, 0.2) is 108 Å². The number of carbonyl (C=O) groups excluding carboxylic acids is 3. The Morgan fingerprint density at radius 2 is 1.56 bits per heavy atom. The minimum atomic E-state index is -4.45. The zero-order valence-electron chi connectivity index (χ0n) is 49.6. The lowest BCUT2D eigenvalue weighted by Gasteiger charge is -2.38. The fourth-order valence-corrected chi connectivity index (χ4v) is 10.9. The van der Waals surface area contributed by atoms with Gasteiger partial charge in [-0.1, -0.05) is 73.5 Å². The van der Waals surface area contributed by atoms with Gasteiger partial charge in [0.25, 0.3) is 11.5 Å². The van der Waals surface area contributed by atoms with E-state index in [-0.39, 0.29) is 112 Å². The fourth-order valence-electron chi connectivity index (χ4n) is 10.9. The van der Waals surface area contributed by atoms with E-state index in [1.165, 1.54) is 22.6 Å². The highest BCUT2D eigenvalue weighted by Gasteiger charge is 2.36. The molecule has 1 atom stereocenters. The molecule has 0 bridgehead atoms. The lowest BCUT2D eigenvalue weighted by atomic mass is 9.90. The van der Waals surface area contributed by atoms with Gasteiger partial charge in [0, 0.05) is 67.9 Å². The van der Waals surface area contributed by atoms with Crippen molar-refractivity contribution in [1.29, 1.82) is 0 Å². The van der Waals surface area contributed by atoms with Crippen molar-refractivity contribution in [1.82, 2.24) is 44.3 Å². The van der Waals surface area contributed by atoms with Crippen molar-refractivity contribution >= 4 is 51.0 Å². The number of benzene rings is 4. The second-order valence-corrected chi connectivity index (χ2v) is 22.2. The predicted octanol–water partition coefficient (Wildman–Crippen LogP) is 6.94. The number of aryl methyl sites for hydroxylation is 1. The lowest BCUT2D eigenvalue weighted by molar-refractivity contribution is -0.140. The number of hydrogen-bond acceptors (Lipinski definition) is 14. The third-order valence-electron chi connectivity index (χ3n) is 15.8. The largest absolute Gasteiger partial charge is 0.495 e. The van der Waals surface area contributed by atoms with Crippen LogP contribution in [0.2, 0.25) is 0 Å². The zero-order valence-corrected chi connectivity index (χ0v) is 49.6. The molecule has 23 heteroatoms. The third kappa shape index (κ3) is 17.0. The van der Waals surface area contributed by atoms with Crippen molar-refractivity contribution in [3.05, 3.63) is 136 Å². The number of ether oxygens (including phenoxy) is 4. The molecular weight excluding hydrogens is 1120 g/mol. The highest BCUT2D eigenvalue weighted by atomic mass is 19.4. The number of carbonyl (C=O) groups is 3. The molecule has 2 aliphatic heterocycles. The highest BCUT2D eigenvalue weighted by Crippen LogP contribution is 2.33. The third-order valence-corrected chi connectivity index (χ3v) is 15.8. The van der Waals surface area contributed by atoms with Crippen LogP contribution >= 0.6 is 0 Å². The van der Waals surface area contributed by atoms with E-state index in [2.05, 4.69) is 55.1 Å². The van der Waals surface area contributed by atoms with Crippen molar-refractivity contribution in [2.24, 2.45) is 7.05 Å². The van der Waals surface area contributed by atoms with Gasteiger partial charge in [-0.15, -0.1) is 0 Å². The number of likely N-dealkylation sites (tertiary alicyclic amines) is 2. The molecule has 0 aliphatic carbocycles. The minimum Gasteiger partial charge on any atom is -0.495 e. The first-order chi connectivity index (χ1) is 41.9. The monoisotopic (exact) mass is 1200 g/mol. The number of nitrogens with one attached hydrogen (secondary N) is 4. The molecule has 9 rings (SSSR count). The molecule has 5 N–H and O–H groups in total. The van der Waals surface area contributed by atoms with Crippen molar-refractivity contribution in [3.63, 3.8) is 0 Å². The molecule has 87 heavy (non-hydrogen) atoms. The number of halogens is 3. The van der Waals surface area contributed by atoms with E-state index < -0.39 is 18.3 Å². The van der Waals surface area contributed by atoms with E-state index in [9.17, 15) is 37.5 Å². The molecule has 2 fully saturated rings. The number of methoxy groups -OCH3 is 1. The Bertz CT molecular complexity index is 3600. The maximum Gasteiger partial charge on any atom is 0.406 e. The van der Waals surface area contributed by atoms with E-state index in [1.54, 1.807) is 53.0 Å². The molecule has 5 heterocycles. The Balaban J connectivity index is 0.632.